The monoisotopic (exact) mass is 558 g/mol. The Morgan fingerprint density at radius 1 is 1.06 bits per heavy atom. The summed E-state index contributed by atoms with van der Waals surface area (Å²) in [6.45, 7) is 10.6. The number of alkyl halides is 3. The lowest BCUT2D eigenvalue weighted by Crippen LogP contribution is -2.49. The van der Waals surface area contributed by atoms with Gasteiger partial charge >= 0.3 is 12.1 Å². The van der Waals surface area contributed by atoms with Gasteiger partial charge < -0.3 is 19.0 Å². The van der Waals surface area contributed by atoms with Gasteiger partial charge in [-0.05, 0) is 18.1 Å². The molecule has 0 aromatic carbocycles. The van der Waals surface area contributed by atoms with Crippen LogP contribution in [0.25, 0.3) is 0 Å². The molecule has 0 bridgehead atoms. The van der Waals surface area contributed by atoms with Gasteiger partial charge in [0.15, 0.2) is 8.32 Å². The molecule has 0 amide bonds. The van der Waals surface area contributed by atoms with E-state index in [1.165, 1.54) is 0 Å². The number of hydrogen-bond donors (Lipinski definition) is 1. The number of carbonyl (C=O) groups is 3. The highest BCUT2D eigenvalue weighted by Gasteiger charge is 2.44. The third-order valence-electron chi connectivity index (χ3n) is 6.27. The van der Waals surface area contributed by atoms with Crippen LogP contribution in [0.15, 0.2) is 0 Å². The molecular formula is C23H37Cl3O7Si. The van der Waals surface area contributed by atoms with Crippen molar-refractivity contribution in [1.82, 2.24) is 0 Å². The van der Waals surface area contributed by atoms with E-state index in [0.29, 0.717) is 0 Å². The number of rotatable bonds is 15. The Bertz CT molecular complexity index is 719. The minimum atomic E-state index is -2.22. The fourth-order valence-corrected chi connectivity index (χ4v) is 6.65. The molecule has 34 heavy (non-hydrogen) atoms. The third kappa shape index (κ3) is 11.2. The molecule has 0 saturated heterocycles. The Kier molecular flexibility index (Phi) is 14.1. The van der Waals surface area contributed by atoms with Crippen LogP contribution >= 0.6 is 34.8 Å². The number of Topliss-reactive ketones (excluding diaryl/α,β-unsaturated/α-hetero) is 1. The predicted octanol–water partition coefficient (Wildman–Crippen LogP) is 6.39. The van der Waals surface area contributed by atoms with Crippen LogP contribution in [0, 0.1) is 23.7 Å². The summed E-state index contributed by atoms with van der Waals surface area (Å²) >= 11 is 16.8. The molecule has 0 aliphatic rings. The van der Waals surface area contributed by atoms with Gasteiger partial charge in [-0.2, -0.15) is 0 Å². The Hall–Kier alpha value is -0.983. The number of ether oxygens (including phenoxy) is 2. The van der Waals surface area contributed by atoms with Crippen molar-refractivity contribution >= 4 is 61.0 Å². The average Bonchev–Trinajstić information content (AvgIpc) is 2.74. The summed E-state index contributed by atoms with van der Waals surface area (Å²) in [6, 6.07) is 2.42. The topological polar surface area (TPSA) is 99.1 Å². The predicted molar refractivity (Wildman–Crippen MR) is 137 cm³/mol. The molecule has 196 valence electrons. The zero-order chi connectivity index (χ0) is 26.7. The fraction of sp³-hybridized carbons (Fsp3) is 0.783. The smallest absolute Gasteiger partial charge is 0.481 e. The second-order valence-corrected chi connectivity index (χ2v) is 16.2. The normalized spacial score (nSPS) is 15.1. The number of carboxylic acid groups (broad SMARTS) is 1. The van der Waals surface area contributed by atoms with Gasteiger partial charge in [0.2, 0.25) is 3.79 Å². The first kappa shape index (κ1) is 33.0. The van der Waals surface area contributed by atoms with Crippen LogP contribution in [-0.4, -0.2) is 53.9 Å². The van der Waals surface area contributed by atoms with Gasteiger partial charge in [0, 0.05) is 24.2 Å². The molecule has 0 spiro atoms. The molecule has 1 N–H and O–H groups in total. The van der Waals surface area contributed by atoms with Crippen LogP contribution in [-0.2, 0) is 23.5 Å². The van der Waals surface area contributed by atoms with Crippen molar-refractivity contribution in [3.8, 4) is 12.3 Å². The quantitative estimate of drug-likeness (QED) is 0.107. The molecule has 3 atom stereocenters. The Morgan fingerprint density at radius 3 is 2.00 bits per heavy atom. The highest BCUT2D eigenvalue weighted by atomic mass is 35.6. The molecule has 0 aromatic rings. The van der Waals surface area contributed by atoms with Crippen LogP contribution in [0.1, 0.15) is 60.8 Å². The number of halogens is 3. The SMILES string of the molecule is C#CC[C@H](C)[C@H](CC(=O)C(C)(C)[C@H](CC(=O)O)O[Si](CC)(CC)CC)OC(=O)OCC(Cl)(Cl)Cl. The molecule has 0 rings (SSSR count). The van der Waals surface area contributed by atoms with E-state index in [4.69, 9.17) is 55.1 Å². The van der Waals surface area contributed by atoms with E-state index in [1.807, 2.05) is 20.8 Å². The molecule has 0 fully saturated rings. The molecule has 11 heteroatoms. The van der Waals surface area contributed by atoms with Crippen molar-refractivity contribution in [2.75, 3.05) is 6.61 Å². The van der Waals surface area contributed by atoms with Crippen molar-refractivity contribution in [2.45, 2.75) is 94.9 Å². The zero-order valence-electron chi connectivity index (χ0n) is 20.8. The van der Waals surface area contributed by atoms with Crippen LogP contribution in [0.5, 0.6) is 0 Å². The first-order valence-electron chi connectivity index (χ1n) is 11.3. The second kappa shape index (κ2) is 14.5. The first-order valence-corrected chi connectivity index (χ1v) is 15.0. The Balaban J connectivity index is 5.78. The van der Waals surface area contributed by atoms with Gasteiger partial charge in [-0.15, -0.1) is 12.3 Å². The second-order valence-electron chi connectivity index (χ2n) is 8.99. The van der Waals surface area contributed by atoms with Gasteiger partial charge in [0.1, 0.15) is 18.5 Å². The van der Waals surface area contributed by atoms with Crippen LogP contribution in [0.2, 0.25) is 18.1 Å². The third-order valence-corrected chi connectivity index (χ3v) is 11.2. The molecule has 0 aromatic heterocycles. The number of aliphatic carboxylic acids is 1. The number of carboxylic acids is 1. The maximum absolute atomic E-state index is 13.5. The highest BCUT2D eigenvalue weighted by Crippen LogP contribution is 2.36. The van der Waals surface area contributed by atoms with E-state index in [9.17, 15) is 19.5 Å². The number of carbonyl (C=O) groups excluding carboxylic acids is 2. The minimum absolute atomic E-state index is 0.197. The summed E-state index contributed by atoms with van der Waals surface area (Å²) in [6.07, 6.45) is 2.29. The summed E-state index contributed by atoms with van der Waals surface area (Å²) < 4.78 is 14.8. The van der Waals surface area contributed by atoms with E-state index in [1.54, 1.807) is 20.8 Å². The number of ketones is 1. The molecule has 0 unspecified atom stereocenters. The van der Waals surface area contributed by atoms with E-state index in [2.05, 4.69) is 5.92 Å². The zero-order valence-corrected chi connectivity index (χ0v) is 24.1. The summed E-state index contributed by atoms with van der Waals surface area (Å²) in [5.41, 5.74) is -1.16. The standard InChI is InChI=1S/C23H37Cl3O7Si/c1-8-12-16(5)17(32-21(30)31-15-23(24,25)26)13-18(27)22(6,7)19(14-20(28)29)33-34(9-2,10-3)11-4/h1,16-17,19H,9-15H2,2-7H3,(H,28,29)/t16-,17-,19-/m0/s1. The van der Waals surface area contributed by atoms with Crippen LogP contribution in [0.3, 0.4) is 0 Å². The summed E-state index contributed by atoms with van der Waals surface area (Å²) in [5, 5.41) is 9.51. The minimum Gasteiger partial charge on any atom is -0.481 e. The van der Waals surface area contributed by atoms with Crippen LogP contribution in [0.4, 0.5) is 4.79 Å². The lowest BCUT2D eigenvalue weighted by Gasteiger charge is -2.40. The molecule has 0 saturated carbocycles. The maximum atomic E-state index is 13.5. The van der Waals surface area contributed by atoms with Gasteiger partial charge in [-0.3, -0.25) is 9.59 Å². The van der Waals surface area contributed by atoms with Gasteiger partial charge in [-0.1, -0.05) is 76.3 Å². The van der Waals surface area contributed by atoms with Crippen molar-refractivity contribution in [3.63, 3.8) is 0 Å². The average molecular weight is 560 g/mol. The highest BCUT2D eigenvalue weighted by molar-refractivity contribution is 6.73. The van der Waals surface area contributed by atoms with Gasteiger partial charge in [-0.25, -0.2) is 4.79 Å². The van der Waals surface area contributed by atoms with Gasteiger partial charge in [0.05, 0.1) is 12.5 Å². The molecule has 0 aliphatic carbocycles. The maximum Gasteiger partial charge on any atom is 0.508 e. The summed E-state index contributed by atoms with van der Waals surface area (Å²) in [4.78, 5) is 37.2. The number of terminal acetylenes is 1. The molecule has 0 heterocycles. The molecule has 0 aliphatic heterocycles. The number of hydrogen-bond acceptors (Lipinski definition) is 6. The molecule has 0 radical (unpaired) electrons. The summed E-state index contributed by atoms with van der Waals surface area (Å²) in [7, 11) is -2.22. The lowest BCUT2D eigenvalue weighted by molar-refractivity contribution is -0.144. The van der Waals surface area contributed by atoms with E-state index in [-0.39, 0.29) is 31.0 Å². The lowest BCUT2D eigenvalue weighted by atomic mass is 9.77. The van der Waals surface area contributed by atoms with Gasteiger partial charge in [0.25, 0.3) is 0 Å². The van der Waals surface area contributed by atoms with E-state index in [0.717, 1.165) is 18.1 Å². The van der Waals surface area contributed by atoms with Crippen LogP contribution < -0.4 is 0 Å². The van der Waals surface area contributed by atoms with E-state index < -0.39 is 48.5 Å². The van der Waals surface area contributed by atoms with E-state index >= 15 is 0 Å². The Labute approximate surface area is 219 Å². The summed E-state index contributed by atoms with van der Waals surface area (Å²) in [5.74, 6) is 0.746. The molecular weight excluding hydrogens is 523 g/mol. The van der Waals surface area contributed by atoms with Crippen molar-refractivity contribution < 1.29 is 33.4 Å². The Morgan fingerprint density at radius 2 is 1.59 bits per heavy atom. The fourth-order valence-electron chi connectivity index (χ4n) is 3.50. The van der Waals surface area contributed by atoms with Crippen molar-refractivity contribution in [3.05, 3.63) is 0 Å². The van der Waals surface area contributed by atoms with Crippen molar-refractivity contribution in [2.24, 2.45) is 11.3 Å². The van der Waals surface area contributed by atoms with Crippen molar-refractivity contribution in [1.29, 1.82) is 0 Å². The largest absolute Gasteiger partial charge is 0.508 e. The first-order chi connectivity index (χ1) is 15.6. The molecule has 7 nitrogen and oxygen atoms in total.